The van der Waals surface area contributed by atoms with Crippen molar-refractivity contribution in [3.63, 3.8) is 0 Å². The van der Waals surface area contributed by atoms with Crippen molar-refractivity contribution in [3.8, 4) is 23.1 Å². The molecular formula is C14H10N2O3. The summed E-state index contributed by atoms with van der Waals surface area (Å²) in [6.07, 6.45) is 1.48. The van der Waals surface area contributed by atoms with E-state index in [1.54, 1.807) is 24.3 Å². The summed E-state index contributed by atoms with van der Waals surface area (Å²) in [5.41, 5.74) is 1.31. The second kappa shape index (κ2) is 5.19. The number of carboxylic acids is 1. The average Bonchev–Trinajstić information content (AvgIpc) is 2.46. The van der Waals surface area contributed by atoms with E-state index in [1.807, 2.05) is 6.07 Å². The Morgan fingerprint density at radius 3 is 2.68 bits per heavy atom. The van der Waals surface area contributed by atoms with Crippen LogP contribution in [0.2, 0.25) is 0 Å². The molecule has 0 saturated carbocycles. The highest BCUT2D eigenvalue weighted by molar-refractivity contribution is 5.97. The lowest BCUT2D eigenvalue weighted by molar-refractivity contribution is 0.0697. The highest BCUT2D eigenvalue weighted by atomic mass is 16.5. The summed E-state index contributed by atoms with van der Waals surface area (Å²) in [6, 6.07) is 10.1. The van der Waals surface area contributed by atoms with Crippen LogP contribution in [-0.4, -0.2) is 23.2 Å². The molecule has 1 aromatic heterocycles. The topological polar surface area (TPSA) is 83.2 Å². The van der Waals surface area contributed by atoms with Gasteiger partial charge in [-0.15, -0.1) is 0 Å². The molecule has 0 amide bonds. The molecule has 0 spiro atoms. The van der Waals surface area contributed by atoms with Crippen molar-refractivity contribution in [1.82, 2.24) is 4.98 Å². The van der Waals surface area contributed by atoms with Gasteiger partial charge in [0.1, 0.15) is 11.6 Å². The van der Waals surface area contributed by atoms with Crippen LogP contribution in [0.25, 0.3) is 11.1 Å². The number of nitrogens with zero attached hydrogens (tertiary/aromatic N) is 2. The number of aromatic nitrogens is 1. The zero-order valence-electron chi connectivity index (χ0n) is 10.1. The average molecular weight is 254 g/mol. The predicted molar refractivity (Wildman–Crippen MR) is 67.9 cm³/mol. The minimum atomic E-state index is -1.05. The summed E-state index contributed by atoms with van der Waals surface area (Å²) in [6.45, 7) is 0. The lowest BCUT2D eigenvalue weighted by atomic mass is 9.97. The van der Waals surface area contributed by atoms with Crippen LogP contribution >= 0.6 is 0 Å². The van der Waals surface area contributed by atoms with E-state index in [4.69, 9.17) is 4.74 Å². The summed E-state index contributed by atoms with van der Waals surface area (Å²) in [4.78, 5) is 15.2. The largest absolute Gasteiger partial charge is 0.480 e. The standard InChI is InChI=1S/C14H10N2O3/c1-19-13-12(8-15)10(6-7-16-13)9-4-2-3-5-11(9)14(17)18/h2-7H,1H3,(H,17,18). The quantitative estimate of drug-likeness (QED) is 0.908. The summed E-state index contributed by atoms with van der Waals surface area (Å²) in [5, 5.41) is 18.4. The molecule has 2 rings (SSSR count). The summed E-state index contributed by atoms with van der Waals surface area (Å²) < 4.78 is 5.02. The Bertz CT molecular complexity index is 675. The van der Waals surface area contributed by atoms with E-state index in [2.05, 4.69) is 4.98 Å². The van der Waals surface area contributed by atoms with Gasteiger partial charge in [-0.3, -0.25) is 0 Å². The number of rotatable bonds is 3. The van der Waals surface area contributed by atoms with E-state index in [9.17, 15) is 15.2 Å². The molecule has 0 atom stereocenters. The molecule has 0 aliphatic rings. The Morgan fingerprint density at radius 2 is 2.05 bits per heavy atom. The van der Waals surface area contributed by atoms with E-state index < -0.39 is 5.97 Å². The number of hydrogen-bond donors (Lipinski definition) is 1. The predicted octanol–water partition coefficient (Wildman–Crippen LogP) is 2.33. The molecule has 0 saturated heterocycles. The highest BCUT2D eigenvalue weighted by Crippen LogP contribution is 2.30. The fourth-order valence-corrected chi connectivity index (χ4v) is 1.83. The normalized spacial score (nSPS) is 9.68. The van der Waals surface area contributed by atoms with Crippen LogP contribution in [0.4, 0.5) is 0 Å². The highest BCUT2D eigenvalue weighted by Gasteiger charge is 2.17. The molecule has 0 aliphatic heterocycles. The Morgan fingerprint density at radius 1 is 1.32 bits per heavy atom. The zero-order chi connectivity index (χ0) is 13.8. The van der Waals surface area contributed by atoms with E-state index in [0.29, 0.717) is 11.1 Å². The number of methoxy groups -OCH3 is 1. The van der Waals surface area contributed by atoms with E-state index in [-0.39, 0.29) is 17.0 Å². The van der Waals surface area contributed by atoms with Gasteiger partial charge >= 0.3 is 5.97 Å². The van der Waals surface area contributed by atoms with Crippen molar-refractivity contribution in [2.75, 3.05) is 7.11 Å². The van der Waals surface area contributed by atoms with Crippen molar-refractivity contribution in [3.05, 3.63) is 47.7 Å². The molecule has 1 heterocycles. The SMILES string of the molecule is COc1nccc(-c2ccccc2C(=O)O)c1C#N. The maximum absolute atomic E-state index is 11.2. The number of ether oxygens (including phenoxy) is 1. The Kier molecular flexibility index (Phi) is 3.44. The molecule has 5 nitrogen and oxygen atoms in total. The summed E-state index contributed by atoms with van der Waals surface area (Å²) in [7, 11) is 1.41. The third kappa shape index (κ3) is 2.24. The van der Waals surface area contributed by atoms with Gasteiger partial charge in [0, 0.05) is 11.8 Å². The molecule has 0 radical (unpaired) electrons. The monoisotopic (exact) mass is 254 g/mol. The first kappa shape index (κ1) is 12.6. The first-order valence-electron chi connectivity index (χ1n) is 5.44. The van der Waals surface area contributed by atoms with Gasteiger partial charge in [0.2, 0.25) is 5.88 Å². The van der Waals surface area contributed by atoms with Crippen molar-refractivity contribution >= 4 is 5.97 Å². The number of carbonyl (C=O) groups is 1. The minimum Gasteiger partial charge on any atom is -0.480 e. The van der Waals surface area contributed by atoms with Gasteiger partial charge in [-0.05, 0) is 17.7 Å². The molecule has 0 fully saturated rings. The Labute approximate surface area is 109 Å². The van der Waals surface area contributed by atoms with Gasteiger partial charge in [0.25, 0.3) is 0 Å². The first-order chi connectivity index (χ1) is 9.19. The summed E-state index contributed by atoms with van der Waals surface area (Å²) in [5.74, 6) is -0.865. The fourth-order valence-electron chi connectivity index (χ4n) is 1.83. The maximum atomic E-state index is 11.2. The van der Waals surface area contributed by atoms with Crippen molar-refractivity contribution in [2.45, 2.75) is 0 Å². The molecule has 94 valence electrons. The molecular weight excluding hydrogens is 244 g/mol. The second-order valence-electron chi connectivity index (χ2n) is 3.71. The number of pyridine rings is 1. The third-order valence-corrected chi connectivity index (χ3v) is 2.67. The zero-order valence-corrected chi connectivity index (χ0v) is 10.1. The van der Waals surface area contributed by atoms with Crippen LogP contribution in [0.1, 0.15) is 15.9 Å². The number of nitriles is 1. The van der Waals surface area contributed by atoms with Gasteiger partial charge in [-0.2, -0.15) is 5.26 Å². The van der Waals surface area contributed by atoms with Crippen molar-refractivity contribution in [1.29, 1.82) is 5.26 Å². The fraction of sp³-hybridized carbons (Fsp3) is 0.0714. The van der Waals surface area contributed by atoms with E-state index >= 15 is 0 Å². The van der Waals surface area contributed by atoms with Crippen LogP contribution in [-0.2, 0) is 0 Å². The van der Waals surface area contributed by atoms with Gasteiger partial charge in [0.05, 0.1) is 12.7 Å². The van der Waals surface area contributed by atoms with Crippen LogP contribution in [0.15, 0.2) is 36.5 Å². The molecule has 1 N–H and O–H groups in total. The lowest BCUT2D eigenvalue weighted by Crippen LogP contribution is -2.01. The molecule has 5 heteroatoms. The smallest absolute Gasteiger partial charge is 0.336 e. The maximum Gasteiger partial charge on any atom is 0.336 e. The number of hydrogen-bond acceptors (Lipinski definition) is 4. The van der Waals surface area contributed by atoms with Crippen LogP contribution < -0.4 is 4.74 Å². The second-order valence-corrected chi connectivity index (χ2v) is 3.71. The number of aromatic carboxylic acids is 1. The minimum absolute atomic E-state index is 0.132. The Balaban J connectivity index is 2.73. The molecule has 0 aliphatic carbocycles. The van der Waals surface area contributed by atoms with E-state index in [1.165, 1.54) is 19.4 Å². The number of benzene rings is 1. The van der Waals surface area contributed by atoms with Crippen LogP contribution in [0.5, 0.6) is 5.88 Å². The lowest BCUT2D eigenvalue weighted by Gasteiger charge is -2.09. The van der Waals surface area contributed by atoms with Gasteiger partial charge in [0.15, 0.2) is 0 Å². The van der Waals surface area contributed by atoms with Gasteiger partial charge in [-0.1, -0.05) is 18.2 Å². The van der Waals surface area contributed by atoms with Crippen LogP contribution in [0, 0.1) is 11.3 Å². The number of carboxylic acid groups (broad SMARTS) is 1. The van der Waals surface area contributed by atoms with Crippen LogP contribution in [0.3, 0.4) is 0 Å². The van der Waals surface area contributed by atoms with Gasteiger partial charge < -0.3 is 9.84 Å². The Hall–Kier alpha value is -2.87. The molecule has 0 unspecified atom stereocenters. The summed E-state index contributed by atoms with van der Waals surface area (Å²) >= 11 is 0. The van der Waals surface area contributed by atoms with Crippen molar-refractivity contribution in [2.24, 2.45) is 0 Å². The third-order valence-electron chi connectivity index (χ3n) is 2.67. The molecule has 1 aromatic carbocycles. The van der Waals surface area contributed by atoms with Crippen molar-refractivity contribution < 1.29 is 14.6 Å². The molecule has 2 aromatic rings. The molecule has 0 bridgehead atoms. The first-order valence-corrected chi connectivity index (χ1v) is 5.44. The van der Waals surface area contributed by atoms with E-state index in [0.717, 1.165) is 0 Å². The molecule has 19 heavy (non-hydrogen) atoms. The van der Waals surface area contributed by atoms with Gasteiger partial charge in [-0.25, -0.2) is 9.78 Å².